The summed E-state index contributed by atoms with van der Waals surface area (Å²) in [5.74, 6) is 1.92. The van der Waals surface area contributed by atoms with Crippen LogP contribution in [0.3, 0.4) is 0 Å². The van der Waals surface area contributed by atoms with Crippen LogP contribution >= 0.6 is 30.2 Å². The minimum absolute atomic E-state index is 0. The molecule has 0 radical (unpaired) electrons. The molecule has 1 fully saturated rings. The highest BCUT2D eigenvalue weighted by Gasteiger charge is 2.54. The summed E-state index contributed by atoms with van der Waals surface area (Å²) in [7, 11) is -6.78. The van der Waals surface area contributed by atoms with Crippen LogP contribution in [-0.4, -0.2) is 96.4 Å². The number of benzene rings is 8. The Morgan fingerprint density at radius 3 is 1.06 bits per heavy atom. The molecule has 2 unspecified atom stereocenters. The molecule has 0 saturated carbocycles. The lowest BCUT2D eigenvalue weighted by atomic mass is 9.89. The highest BCUT2D eigenvalue weighted by molar-refractivity contribution is 9.10. The van der Waals surface area contributed by atoms with Gasteiger partial charge in [-0.1, -0.05) is 202 Å². The maximum absolute atomic E-state index is 15.5. The van der Waals surface area contributed by atoms with Crippen LogP contribution < -0.4 is 37.6 Å². The Hall–Kier alpha value is -13.2. The summed E-state index contributed by atoms with van der Waals surface area (Å²) < 4.78 is 50.9. The lowest BCUT2D eigenvalue weighted by Gasteiger charge is -2.32. The molecule has 15 heterocycles. The van der Waals surface area contributed by atoms with E-state index in [4.69, 9.17) is 69.1 Å². The van der Waals surface area contributed by atoms with Gasteiger partial charge in [0.05, 0.1) is 22.2 Å². The quantitative estimate of drug-likeness (QED) is 0.102. The lowest BCUT2D eigenvalue weighted by molar-refractivity contribution is 0.00578. The number of pyridine rings is 6. The van der Waals surface area contributed by atoms with E-state index in [9.17, 15) is 4.57 Å². The first-order valence-corrected chi connectivity index (χ1v) is 41.4. The normalized spacial score (nSPS) is 15.9. The first kappa shape index (κ1) is 75.2. The summed E-state index contributed by atoms with van der Waals surface area (Å²) >= 11 is 3.51. The smallest absolute Gasteiger partial charge is 0.397 e. The Kier molecular flexibility index (Phi) is 18.6. The molecular formula is C93H74BBrN16O4P2. The number of hydrogen-bond donors (Lipinski definition) is 0. The van der Waals surface area contributed by atoms with Crippen molar-refractivity contribution >= 4 is 163 Å². The molecule has 0 N–H and O–H groups in total. The van der Waals surface area contributed by atoms with Crippen molar-refractivity contribution in [1.82, 2.24) is 78.1 Å². The van der Waals surface area contributed by atoms with Gasteiger partial charge in [0.25, 0.3) is 0 Å². The fourth-order valence-corrected chi connectivity index (χ4v) is 22.9. The van der Waals surface area contributed by atoms with Gasteiger partial charge in [0.15, 0.2) is 25.8 Å². The second-order valence-electron chi connectivity index (χ2n) is 29.1. The maximum atomic E-state index is 15.5. The fourth-order valence-electron chi connectivity index (χ4n) is 16.2. The highest BCUT2D eigenvalue weighted by Crippen LogP contribution is 2.54. The summed E-state index contributed by atoms with van der Waals surface area (Å²) in [4.78, 5) is 58.9. The van der Waals surface area contributed by atoms with Crippen LogP contribution in [0.4, 0.5) is 0 Å². The first-order valence-electron chi connectivity index (χ1n) is 37.2. The zero-order chi connectivity index (χ0) is 76.8. The number of rotatable bonds is 8. The molecule has 23 rings (SSSR count). The van der Waals surface area contributed by atoms with Crippen molar-refractivity contribution in [3.63, 3.8) is 0 Å². The van der Waals surface area contributed by atoms with Crippen molar-refractivity contribution in [3.05, 3.63) is 309 Å². The van der Waals surface area contributed by atoms with E-state index in [-0.39, 0.29) is 22.3 Å². The maximum Gasteiger partial charge on any atom is 0.535 e. The van der Waals surface area contributed by atoms with Gasteiger partial charge < -0.3 is 18.4 Å². The standard InChI is InChI=1S/C42H25N8OP.C30H25BN8O2.C18H12BrOP.3CH4/c51-52(27-11-2-1-3-12-27)35-19-7-5-14-29(35)30-21-20-26(25-36(30)52)37-46-41(49-34-18-6-4-13-28(34)31-15-8-22-43-38(31)49)48-42(47-37)50-39-32(16-9-23-44-39)33-17-10-24-45-40(33)50;1-29(2)30(3,4)41-31(40-29)26-35-27(38-22-14-6-5-10-18(22)19-11-7-15-32-23(19)38)37-28(36-26)39-24-20(12-8-16-33-24)21-13-9-17-34-25(21)39;19-13-10-11-16-15-8-4-5-9-17(15)21(20,18(16)12-13)14-6-2-1-3-7-14;;;/h1-25H;5-17H,1-4H3;1-12H;3*1H4. The molecule has 0 spiro atoms. The minimum atomic E-state index is -3.21. The molecule has 1 saturated heterocycles. The topological polar surface area (TPSA) is 227 Å². The minimum Gasteiger partial charge on any atom is -0.397 e. The second kappa shape index (κ2) is 29.0. The van der Waals surface area contributed by atoms with E-state index < -0.39 is 32.6 Å². The van der Waals surface area contributed by atoms with E-state index in [0.29, 0.717) is 63.5 Å². The van der Waals surface area contributed by atoms with Gasteiger partial charge in [-0.3, -0.25) is 9.13 Å². The van der Waals surface area contributed by atoms with Gasteiger partial charge in [0.2, 0.25) is 23.8 Å². The number of fused-ring (bicyclic) bond motifs is 18. The molecule has 0 bridgehead atoms. The van der Waals surface area contributed by atoms with Crippen molar-refractivity contribution in [1.29, 1.82) is 0 Å². The van der Waals surface area contributed by atoms with Crippen LogP contribution in [0.5, 0.6) is 0 Å². The fraction of sp³-hybridized carbons (Fsp3) is 0.0968. The van der Waals surface area contributed by atoms with Crippen molar-refractivity contribution in [2.45, 2.75) is 61.2 Å². The van der Waals surface area contributed by atoms with Crippen LogP contribution in [0.1, 0.15) is 50.0 Å². The van der Waals surface area contributed by atoms with Crippen molar-refractivity contribution in [3.8, 4) is 57.4 Å². The van der Waals surface area contributed by atoms with Gasteiger partial charge in [-0.25, -0.2) is 49.0 Å². The largest absolute Gasteiger partial charge is 0.535 e. The van der Waals surface area contributed by atoms with Gasteiger partial charge in [-0.15, -0.1) is 0 Å². The van der Waals surface area contributed by atoms with E-state index in [1.165, 1.54) is 0 Å². The van der Waals surface area contributed by atoms with Gasteiger partial charge in [0, 0.05) is 122 Å². The van der Waals surface area contributed by atoms with Gasteiger partial charge in [0.1, 0.15) is 33.9 Å². The highest BCUT2D eigenvalue weighted by atomic mass is 79.9. The molecule has 20 nitrogen and oxygen atoms in total. The van der Waals surface area contributed by atoms with Crippen molar-refractivity contribution in [2.24, 2.45) is 0 Å². The third-order valence-corrected chi connectivity index (χ3v) is 28.9. The molecule has 12 aromatic heterocycles. The van der Waals surface area contributed by atoms with E-state index in [0.717, 1.165) is 124 Å². The van der Waals surface area contributed by atoms with E-state index in [1.54, 1.807) is 37.2 Å². The van der Waals surface area contributed by atoms with Gasteiger partial charge >= 0.3 is 7.12 Å². The summed E-state index contributed by atoms with van der Waals surface area (Å²) in [6, 6.07) is 87.7. The van der Waals surface area contributed by atoms with Crippen molar-refractivity contribution in [2.75, 3.05) is 0 Å². The molecule has 2 atom stereocenters. The number of hydrogen-bond acceptors (Lipinski definition) is 16. The zero-order valence-corrected chi connectivity index (χ0v) is 64.9. The Labute approximate surface area is 682 Å². The molecule has 3 aliphatic heterocycles. The first-order chi connectivity index (χ1) is 55.7. The molecule has 24 heteroatoms. The molecule has 0 aliphatic carbocycles. The third-order valence-electron chi connectivity index (χ3n) is 22.1. The summed E-state index contributed by atoms with van der Waals surface area (Å²) in [6.45, 7) is 8.03. The second-order valence-corrected chi connectivity index (χ2v) is 35.4. The average Bonchev–Trinajstić information content (AvgIpc) is 1.56. The van der Waals surface area contributed by atoms with Gasteiger partial charge in [-0.2, -0.15) is 19.9 Å². The summed E-state index contributed by atoms with van der Waals surface area (Å²) in [5, 5.41) is 13.0. The number of aromatic nitrogens is 16. The Morgan fingerprint density at radius 1 is 0.316 bits per heavy atom. The molecule has 20 aromatic rings. The monoisotopic (exact) mass is 1630 g/mol. The molecule has 0 amide bonds. The van der Waals surface area contributed by atoms with E-state index in [2.05, 4.69) is 52.3 Å². The van der Waals surface area contributed by atoms with Crippen LogP contribution in [0.15, 0.2) is 309 Å². The Balaban J connectivity index is 0.000000129. The Morgan fingerprint density at radius 2 is 0.632 bits per heavy atom. The van der Waals surface area contributed by atoms with E-state index >= 15 is 4.57 Å². The van der Waals surface area contributed by atoms with Crippen molar-refractivity contribution < 1.29 is 18.4 Å². The molecule has 117 heavy (non-hydrogen) atoms. The van der Waals surface area contributed by atoms with Crippen LogP contribution in [0.2, 0.25) is 0 Å². The summed E-state index contributed by atoms with van der Waals surface area (Å²) in [6.07, 6.45) is 10.6. The Bertz CT molecular complexity index is 6990. The van der Waals surface area contributed by atoms with Crippen LogP contribution in [-0.2, 0) is 18.4 Å². The number of nitrogens with zero attached hydrogens (tertiary/aromatic N) is 16. The lowest BCUT2D eigenvalue weighted by Crippen LogP contribution is -2.41. The zero-order valence-electron chi connectivity index (χ0n) is 61.5. The number of para-hydroxylation sites is 2. The van der Waals surface area contributed by atoms with E-state index in [1.807, 2.05) is 276 Å². The average molecular weight is 1630 g/mol. The van der Waals surface area contributed by atoms with Crippen LogP contribution in [0.25, 0.3) is 145 Å². The van der Waals surface area contributed by atoms with Crippen LogP contribution in [0, 0.1) is 0 Å². The van der Waals surface area contributed by atoms with Gasteiger partial charge in [-0.05, 0) is 153 Å². The SMILES string of the molecule is C.C.C.CC1(C)OB(c2nc(-n3c4ccccc4c4cccnc43)nc(-n3c4ncccc4c4cccnc43)n2)OC1(C)C.O=P1(c2ccccc2)c2ccccc2-c2ccc(-c3nc(-n4c5ccccc5c5cccnc54)nc(-n4c5ncccc5c5cccnc54)n3)cc21.O=P1(c2ccccc2)c2ccccc2-c2ccc(Br)cc21. The third kappa shape index (κ3) is 11.8. The summed E-state index contributed by atoms with van der Waals surface area (Å²) in [5.41, 5.74) is 10.1. The molecule has 3 aliphatic rings. The molecule has 570 valence electrons. The predicted octanol–water partition coefficient (Wildman–Crippen LogP) is 18.1. The molecule has 8 aromatic carbocycles. The molecular weight excluding hydrogens is 1560 g/mol. The predicted molar refractivity (Wildman–Crippen MR) is 476 cm³/mol. The number of halogens is 1.